The molecule has 0 spiro atoms. The van der Waals surface area contributed by atoms with E-state index < -0.39 is 10.0 Å². The summed E-state index contributed by atoms with van der Waals surface area (Å²) < 4.78 is 27.0. The van der Waals surface area contributed by atoms with Gasteiger partial charge in [0.05, 0.1) is 4.90 Å². The van der Waals surface area contributed by atoms with E-state index in [9.17, 15) is 13.2 Å². The van der Waals surface area contributed by atoms with Gasteiger partial charge in [-0.05, 0) is 55.9 Å². The van der Waals surface area contributed by atoms with E-state index in [0.717, 1.165) is 12.8 Å². The molecule has 3 N–H and O–H groups in total. The van der Waals surface area contributed by atoms with Crippen molar-refractivity contribution in [2.45, 2.75) is 44.6 Å². The lowest BCUT2D eigenvalue weighted by Crippen LogP contribution is -2.42. The quantitative estimate of drug-likeness (QED) is 0.802. The van der Waals surface area contributed by atoms with Gasteiger partial charge in [-0.2, -0.15) is 0 Å². The highest BCUT2D eigenvalue weighted by Crippen LogP contribution is 2.21. The molecule has 2 rings (SSSR count). The Hall–Kier alpha value is -1.44. The third-order valence-electron chi connectivity index (χ3n) is 4.66. The Morgan fingerprint density at radius 2 is 1.76 bits per heavy atom. The molecular weight excluding hydrogens is 338 g/mol. The van der Waals surface area contributed by atoms with Gasteiger partial charge in [0.1, 0.15) is 0 Å². The molecule has 0 bridgehead atoms. The summed E-state index contributed by atoms with van der Waals surface area (Å²) in [6.45, 7) is 7.67. The standard InChI is InChI=1S/C18H29N3O3S/c1-13(2)12-20-25(23,24)17-6-4-16(5-7-17)18(22)21-10-8-15(9-11-21)14(3)19/h4-7,13-15,20H,8-12,19H2,1-3H3. The molecule has 1 aliphatic rings. The van der Waals surface area contributed by atoms with Crippen LogP contribution in [0.3, 0.4) is 0 Å². The fraction of sp³-hybridized carbons (Fsp3) is 0.611. The van der Waals surface area contributed by atoms with E-state index in [0.29, 0.717) is 31.1 Å². The highest BCUT2D eigenvalue weighted by Gasteiger charge is 2.25. The third-order valence-corrected chi connectivity index (χ3v) is 6.10. The Balaban J connectivity index is 2.01. The first kappa shape index (κ1) is 19.9. The molecule has 7 heteroatoms. The zero-order valence-electron chi connectivity index (χ0n) is 15.2. The normalized spacial score (nSPS) is 17.7. The van der Waals surface area contributed by atoms with Crippen LogP contribution in [0.5, 0.6) is 0 Å². The maximum Gasteiger partial charge on any atom is 0.253 e. The molecule has 0 saturated carbocycles. The fourth-order valence-corrected chi connectivity index (χ4v) is 4.16. The molecule has 6 nitrogen and oxygen atoms in total. The van der Waals surface area contributed by atoms with Crippen LogP contribution >= 0.6 is 0 Å². The molecule has 140 valence electrons. The molecule has 0 aliphatic carbocycles. The monoisotopic (exact) mass is 367 g/mol. The van der Waals surface area contributed by atoms with Crippen LogP contribution in [0.25, 0.3) is 0 Å². The summed E-state index contributed by atoms with van der Waals surface area (Å²) >= 11 is 0. The lowest BCUT2D eigenvalue weighted by molar-refractivity contribution is 0.0681. The van der Waals surface area contributed by atoms with Gasteiger partial charge in [-0.3, -0.25) is 4.79 Å². The van der Waals surface area contributed by atoms with Crippen LogP contribution in [0.1, 0.15) is 44.0 Å². The Morgan fingerprint density at radius 3 is 2.24 bits per heavy atom. The molecule has 1 atom stereocenters. The molecule has 1 saturated heterocycles. The van der Waals surface area contributed by atoms with Crippen molar-refractivity contribution in [1.29, 1.82) is 0 Å². The van der Waals surface area contributed by atoms with Gasteiger partial charge in [-0.1, -0.05) is 13.8 Å². The predicted molar refractivity (Wildman–Crippen MR) is 98.7 cm³/mol. The predicted octanol–water partition coefficient (Wildman–Crippen LogP) is 1.82. The number of benzene rings is 1. The van der Waals surface area contributed by atoms with Crippen LogP contribution in [-0.2, 0) is 10.0 Å². The van der Waals surface area contributed by atoms with Crippen molar-refractivity contribution in [1.82, 2.24) is 9.62 Å². The van der Waals surface area contributed by atoms with Gasteiger partial charge in [-0.25, -0.2) is 13.1 Å². The largest absolute Gasteiger partial charge is 0.339 e. The second-order valence-electron chi connectivity index (χ2n) is 7.26. The van der Waals surface area contributed by atoms with Gasteiger partial charge >= 0.3 is 0 Å². The van der Waals surface area contributed by atoms with E-state index in [1.165, 1.54) is 12.1 Å². The molecule has 1 heterocycles. The molecule has 1 aromatic rings. The number of likely N-dealkylation sites (tertiary alicyclic amines) is 1. The van der Waals surface area contributed by atoms with Crippen molar-refractivity contribution in [2.24, 2.45) is 17.6 Å². The summed E-state index contributed by atoms with van der Waals surface area (Å²) in [5, 5.41) is 0. The minimum Gasteiger partial charge on any atom is -0.339 e. The van der Waals surface area contributed by atoms with Crippen LogP contribution in [0, 0.1) is 11.8 Å². The van der Waals surface area contributed by atoms with Gasteiger partial charge in [0.25, 0.3) is 5.91 Å². The minimum absolute atomic E-state index is 0.0535. The molecule has 1 unspecified atom stereocenters. The molecule has 1 amide bonds. The van der Waals surface area contributed by atoms with Crippen LogP contribution in [0.4, 0.5) is 0 Å². The van der Waals surface area contributed by atoms with Crippen molar-refractivity contribution in [3.05, 3.63) is 29.8 Å². The van der Waals surface area contributed by atoms with Crippen molar-refractivity contribution >= 4 is 15.9 Å². The minimum atomic E-state index is -3.53. The topological polar surface area (TPSA) is 92.5 Å². The zero-order chi connectivity index (χ0) is 18.6. The highest BCUT2D eigenvalue weighted by molar-refractivity contribution is 7.89. The first-order valence-corrected chi connectivity index (χ1v) is 10.3. The summed E-state index contributed by atoms with van der Waals surface area (Å²) in [6.07, 6.45) is 1.82. The number of carbonyl (C=O) groups excluding carboxylic acids is 1. The fourth-order valence-electron chi connectivity index (χ4n) is 2.95. The number of rotatable bonds is 6. The molecule has 1 aromatic carbocycles. The average molecular weight is 368 g/mol. The van der Waals surface area contributed by atoms with Gasteiger partial charge in [0.2, 0.25) is 10.0 Å². The van der Waals surface area contributed by atoms with Crippen LogP contribution in [0.15, 0.2) is 29.2 Å². The number of sulfonamides is 1. The Bertz CT molecular complexity index is 676. The zero-order valence-corrected chi connectivity index (χ0v) is 16.1. The maximum atomic E-state index is 12.6. The molecule has 1 fully saturated rings. The van der Waals surface area contributed by atoms with Gasteiger partial charge in [-0.15, -0.1) is 0 Å². The van der Waals surface area contributed by atoms with E-state index in [1.807, 2.05) is 25.7 Å². The smallest absolute Gasteiger partial charge is 0.253 e. The number of nitrogens with one attached hydrogen (secondary N) is 1. The average Bonchev–Trinajstić information content (AvgIpc) is 2.59. The van der Waals surface area contributed by atoms with Crippen LogP contribution < -0.4 is 10.5 Å². The Morgan fingerprint density at radius 1 is 1.20 bits per heavy atom. The number of hydrogen-bond acceptors (Lipinski definition) is 4. The number of piperidine rings is 1. The third kappa shape index (κ3) is 5.26. The van der Waals surface area contributed by atoms with Crippen LogP contribution in [0.2, 0.25) is 0 Å². The number of nitrogens with zero attached hydrogens (tertiary/aromatic N) is 1. The number of nitrogens with two attached hydrogens (primary N) is 1. The summed E-state index contributed by atoms with van der Waals surface area (Å²) in [4.78, 5) is 14.6. The Labute approximate surface area is 150 Å². The second-order valence-corrected chi connectivity index (χ2v) is 9.03. The first-order valence-electron chi connectivity index (χ1n) is 8.85. The van der Waals surface area contributed by atoms with Gasteiger partial charge in [0.15, 0.2) is 0 Å². The number of hydrogen-bond donors (Lipinski definition) is 2. The first-order chi connectivity index (χ1) is 11.7. The summed E-state index contributed by atoms with van der Waals surface area (Å²) in [5.74, 6) is 0.639. The maximum absolute atomic E-state index is 12.6. The van der Waals surface area contributed by atoms with E-state index in [1.54, 1.807) is 12.1 Å². The van der Waals surface area contributed by atoms with Crippen molar-refractivity contribution in [2.75, 3.05) is 19.6 Å². The van der Waals surface area contributed by atoms with E-state index >= 15 is 0 Å². The van der Waals surface area contributed by atoms with Crippen molar-refractivity contribution < 1.29 is 13.2 Å². The molecular formula is C18H29N3O3S. The molecule has 0 radical (unpaired) electrons. The molecule has 25 heavy (non-hydrogen) atoms. The van der Waals surface area contributed by atoms with E-state index in [-0.39, 0.29) is 22.8 Å². The van der Waals surface area contributed by atoms with Crippen LogP contribution in [-0.4, -0.2) is 44.9 Å². The highest BCUT2D eigenvalue weighted by atomic mass is 32.2. The Kier molecular flexibility index (Phi) is 6.59. The van der Waals surface area contributed by atoms with Gasteiger partial charge in [0, 0.05) is 31.2 Å². The van der Waals surface area contributed by atoms with Crippen molar-refractivity contribution in [3.63, 3.8) is 0 Å². The summed E-state index contributed by atoms with van der Waals surface area (Å²) in [6, 6.07) is 6.31. The molecule has 0 aromatic heterocycles. The second kappa shape index (κ2) is 8.29. The molecule has 1 aliphatic heterocycles. The lowest BCUT2D eigenvalue weighted by Gasteiger charge is -2.33. The summed E-state index contributed by atoms with van der Waals surface area (Å²) in [7, 11) is -3.53. The number of amides is 1. The lowest BCUT2D eigenvalue weighted by atomic mass is 9.90. The number of carbonyl (C=O) groups is 1. The van der Waals surface area contributed by atoms with E-state index in [2.05, 4.69) is 4.72 Å². The van der Waals surface area contributed by atoms with Gasteiger partial charge < -0.3 is 10.6 Å². The van der Waals surface area contributed by atoms with E-state index in [4.69, 9.17) is 5.73 Å². The summed E-state index contributed by atoms with van der Waals surface area (Å²) in [5.41, 5.74) is 6.45. The van der Waals surface area contributed by atoms with Crippen molar-refractivity contribution in [3.8, 4) is 0 Å². The SMILES string of the molecule is CC(C)CNS(=O)(=O)c1ccc(C(=O)N2CCC(C(C)N)CC2)cc1.